The summed E-state index contributed by atoms with van der Waals surface area (Å²) in [5, 5.41) is 0.0560. The lowest BCUT2D eigenvalue weighted by Crippen LogP contribution is -2.16. The molecule has 0 aliphatic carbocycles. The number of alkyl halides is 3. The van der Waals surface area contributed by atoms with Gasteiger partial charge in [0.25, 0.3) is 5.56 Å². The molecule has 2 aromatic rings. The van der Waals surface area contributed by atoms with Crippen LogP contribution in [-0.2, 0) is 6.18 Å². The Morgan fingerprint density at radius 2 is 1.83 bits per heavy atom. The monoisotopic (exact) mass is 321 g/mol. The molecule has 2 aromatic heterocycles. The van der Waals surface area contributed by atoms with Crippen molar-refractivity contribution in [1.29, 1.82) is 0 Å². The van der Waals surface area contributed by atoms with E-state index < -0.39 is 17.4 Å². The fourth-order valence-corrected chi connectivity index (χ4v) is 2.13. The summed E-state index contributed by atoms with van der Waals surface area (Å²) in [6.07, 6.45) is -4.60. The van der Waals surface area contributed by atoms with Crippen LogP contribution in [0, 0.1) is 13.8 Å². The summed E-state index contributed by atoms with van der Waals surface area (Å²) in [4.78, 5) is 21.4. The molecular formula is C10H7BrF3N3O. The summed E-state index contributed by atoms with van der Waals surface area (Å²) >= 11 is 2.83. The van der Waals surface area contributed by atoms with E-state index in [1.165, 1.54) is 13.8 Å². The zero-order chi connectivity index (χ0) is 13.7. The van der Waals surface area contributed by atoms with Crippen LogP contribution in [0.15, 0.2) is 9.27 Å². The normalized spacial score (nSPS) is 12.1. The van der Waals surface area contributed by atoms with E-state index in [-0.39, 0.29) is 26.9 Å². The summed E-state index contributed by atoms with van der Waals surface area (Å²) in [6, 6.07) is 0. The van der Waals surface area contributed by atoms with Gasteiger partial charge in [-0.25, -0.2) is 9.97 Å². The van der Waals surface area contributed by atoms with Gasteiger partial charge in [0.1, 0.15) is 5.82 Å². The molecule has 96 valence electrons. The van der Waals surface area contributed by atoms with Crippen LogP contribution in [0.1, 0.15) is 17.1 Å². The number of aromatic amines is 1. The summed E-state index contributed by atoms with van der Waals surface area (Å²) in [6.45, 7) is 2.89. The number of aryl methyl sites for hydroxylation is 2. The summed E-state index contributed by atoms with van der Waals surface area (Å²) in [5.41, 5.74) is -1.62. The lowest BCUT2D eigenvalue weighted by Gasteiger charge is -2.11. The van der Waals surface area contributed by atoms with E-state index in [9.17, 15) is 18.0 Å². The topological polar surface area (TPSA) is 58.6 Å². The first-order valence-corrected chi connectivity index (χ1v) is 5.65. The van der Waals surface area contributed by atoms with Crippen molar-refractivity contribution in [2.75, 3.05) is 0 Å². The number of hydrogen-bond donors (Lipinski definition) is 1. The smallest absolute Gasteiger partial charge is 0.310 e. The van der Waals surface area contributed by atoms with Gasteiger partial charge in [0, 0.05) is 0 Å². The first kappa shape index (κ1) is 13.0. The van der Waals surface area contributed by atoms with Gasteiger partial charge in [-0.2, -0.15) is 13.2 Å². The summed E-state index contributed by atoms with van der Waals surface area (Å²) < 4.78 is 38.0. The van der Waals surface area contributed by atoms with Gasteiger partial charge in [-0.1, -0.05) is 0 Å². The Morgan fingerprint density at radius 1 is 1.22 bits per heavy atom. The first-order chi connectivity index (χ1) is 8.21. The quantitative estimate of drug-likeness (QED) is 0.811. The number of rotatable bonds is 0. The van der Waals surface area contributed by atoms with Gasteiger partial charge in [0.05, 0.1) is 9.86 Å². The molecule has 0 saturated carbocycles. The molecule has 18 heavy (non-hydrogen) atoms. The maximum atomic E-state index is 12.8. The Morgan fingerprint density at radius 3 is 2.39 bits per heavy atom. The Kier molecular flexibility index (Phi) is 2.92. The van der Waals surface area contributed by atoms with Crippen molar-refractivity contribution in [3.05, 3.63) is 31.9 Å². The SMILES string of the molecule is Cc1nc2nc(C(F)(F)F)c(Br)c(C)c2c(=O)[nH]1. The Bertz CT molecular complexity index is 693. The molecule has 4 nitrogen and oxygen atoms in total. The minimum absolute atomic E-state index is 0.0560. The molecule has 2 heterocycles. The fraction of sp³-hybridized carbons (Fsp3) is 0.300. The lowest BCUT2D eigenvalue weighted by molar-refractivity contribution is -0.141. The molecule has 0 atom stereocenters. The fourth-order valence-electron chi connectivity index (χ4n) is 1.62. The van der Waals surface area contributed by atoms with Crippen molar-refractivity contribution in [2.24, 2.45) is 0 Å². The van der Waals surface area contributed by atoms with Crippen LogP contribution in [0.4, 0.5) is 13.2 Å². The van der Waals surface area contributed by atoms with E-state index in [0.717, 1.165) is 0 Å². The second-order valence-corrected chi connectivity index (χ2v) is 4.54. The summed E-state index contributed by atoms with van der Waals surface area (Å²) in [7, 11) is 0. The number of halogens is 4. The van der Waals surface area contributed by atoms with E-state index in [1.54, 1.807) is 0 Å². The summed E-state index contributed by atoms with van der Waals surface area (Å²) in [5.74, 6) is 0.217. The highest BCUT2D eigenvalue weighted by molar-refractivity contribution is 9.10. The number of fused-ring (bicyclic) bond motifs is 1. The van der Waals surface area contributed by atoms with Crippen molar-refractivity contribution >= 4 is 27.0 Å². The van der Waals surface area contributed by atoms with Gasteiger partial charge in [0.2, 0.25) is 0 Å². The van der Waals surface area contributed by atoms with Crippen LogP contribution in [0.3, 0.4) is 0 Å². The number of nitrogens with zero attached hydrogens (tertiary/aromatic N) is 2. The van der Waals surface area contributed by atoms with Gasteiger partial charge < -0.3 is 4.98 Å². The molecule has 0 aromatic carbocycles. The number of pyridine rings is 1. The van der Waals surface area contributed by atoms with Crippen molar-refractivity contribution in [1.82, 2.24) is 15.0 Å². The average molecular weight is 322 g/mol. The maximum Gasteiger partial charge on any atom is 0.434 e. The van der Waals surface area contributed by atoms with Crippen LogP contribution in [0.25, 0.3) is 11.0 Å². The largest absolute Gasteiger partial charge is 0.434 e. The predicted octanol–water partition coefficient (Wildman–Crippen LogP) is 2.72. The first-order valence-electron chi connectivity index (χ1n) is 4.85. The molecule has 0 bridgehead atoms. The predicted molar refractivity (Wildman–Crippen MR) is 62.3 cm³/mol. The average Bonchev–Trinajstić information content (AvgIpc) is 2.20. The second kappa shape index (κ2) is 4.04. The van der Waals surface area contributed by atoms with Crippen LogP contribution in [0.5, 0.6) is 0 Å². The molecule has 8 heteroatoms. The van der Waals surface area contributed by atoms with Gasteiger partial charge in [-0.15, -0.1) is 0 Å². The van der Waals surface area contributed by atoms with E-state index >= 15 is 0 Å². The highest BCUT2D eigenvalue weighted by atomic mass is 79.9. The third kappa shape index (κ3) is 2.00. The van der Waals surface area contributed by atoms with Crippen molar-refractivity contribution in [3.8, 4) is 0 Å². The highest BCUT2D eigenvalue weighted by Gasteiger charge is 2.36. The van der Waals surface area contributed by atoms with Crippen LogP contribution in [0.2, 0.25) is 0 Å². The van der Waals surface area contributed by atoms with Gasteiger partial charge >= 0.3 is 6.18 Å². The molecular weight excluding hydrogens is 315 g/mol. The Balaban J connectivity index is 2.97. The highest BCUT2D eigenvalue weighted by Crippen LogP contribution is 2.36. The van der Waals surface area contributed by atoms with Crippen molar-refractivity contribution < 1.29 is 13.2 Å². The molecule has 0 saturated heterocycles. The van der Waals surface area contributed by atoms with Crippen LogP contribution < -0.4 is 5.56 Å². The molecule has 0 amide bonds. The number of hydrogen-bond acceptors (Lipinski definition) is 3. The third-order valence-corrected chi connectivity index (χ3v) is 3.39. The Hall–Kier alpha value is -1.44. The van der Waals surface area contributed by atoms with E-state index in [2.05, 4.69) is 30.9 Å². The van der Waals surface area contributed by atoms with Crippen molar-refractivity contribution in [2.45, 2.75) is 20.0 Å². The molecule has 1 N–H and O–H groups in total. The third-order valence-electron chi connectivity index (χ3n) is 2.42. The number of aromatic nitrogens is 3. The van der Waals surface area contributed by atoms with Crippen LogP contribution in [-0.4, -0.2) is 15.0 Å². The molecule has 0 aliphatic heterocycles. The lowest BCUT2D eigenvalue weighted by atomic mass is 10.1. The second-order valence-electron chi connectivity index (χ2n) is 3.75. The van der Waals surface area contributed by atoms with Gasteiger partial charge in [0.15, 0.2) is 11.3 Å². The molecule has 0 spiro atoms. The Labute approximate surface area is 107 Å². The number of nitrogens with one attached hydrogen (secondary N) is 1. The standard InChI is InChI=1S/C10H7BrF3N3O/c1-3-5-8(15-4(2)16-9(5)18)17-7(6(3)11)10(12,13)14/h1-2H3,(H,15,16,17,18). The van der Waals surface area contributed by atoms with Crippen LogP contribution >= 0.6 is 15.9 Å². The van der Waals surface area contributed by atoms with E-state index in [4.69, 9.17) is 0 Å². The van der Waals surface area contributed by atoms with Gasteiger partial charge in [-0.05, 0) is 35.3 Å². The zero-order valence-corrected chi connectivity index (χ0v) is 10.9. The van der Waals surface area contributed by atoms with Gasteiger partial charge in [-0.3, -0.25) is 4.79 Å². The van der Waals surface area contributed by atoms with Crippen molar-refractivity contribution in [3.63, 3.8) is 0 Å². The molecule has 0 aliphatic rings. The minimum atomic E-state index is -4.60. The molecule has 0 radical (unpaired) electrons. The van der Waals surface area contributed by atoms with E-state index in [0.29, 0.717) is 0 Å². The molecule has 0 fully saturated rings. The maximum absolute atomic E-state index is 12.8. The minimum Gasteiger partial charge on any atom is -0.310 e. The molecule has 2 rings (SSSR count). The zero-order valence-electron chi connectivity index (χ0n) is 9.31. The molecule has 0 unspecified atom stereocenters. The number of H-pyrrole nitrogens is 1. The van der Waals surface area contributed by atoms with E-state index in [1.807, 2.05) is 0 Å².